The zero-order valence-electron chi connectivity index (χ0n) is 15.5. The standard InChI is InChI=1S/C19H22ClN5O3/c1-24-15(26)9-14(16(24)11-4-2-6-13(20)8-11)18(27)25-7-3-5-12(10-25)17-21-19(28)23-22-17/h2,4,6,8,12,14,16H,3,5,7,9-10H2,1H3,(H2,21,22,23,28)/t12-,14+,16-/m1/s1. The Balaban J connectivity index is 1.57. The van der Waals surface area contributed by atoms with Crippen molar-refractivity contribution in [1.82, 2.24) is 25.0 Å². The number of hydrogen-bond donors (Lipinski definition) is 2. The molecular formula is C19H22ClN5O3. The predicted molar refractivity (Wildman–Crippen MR) is 103 cm³/mol. The highest BCUT2D eigenvalue weighted by molar-refractivity contribution is 6.30. The molecule has 2 aliphatic heterocycles. The molecule has 0 unspecified atom stereocenters. The van der Waals surface area contributed by atoms with Crippen LogP contribution in [0.5, 0.6) is 0 Å². The van der Waals surface area contributed by atoms with Gasteiger partial charge in [0.1, 0.15) is 5.82 Å². The lowest BCUT2D eigenvalue weighted by molar-refractivity contribution is -0.137. The van der Waals surface area contributed by atoms with E-state index in [0.29, 0.717) is 23.9 Å². The monoisotopic (exact) mass is 403 g/mol. The second kappa shape index (κ2) is 7.43. The number of amides is 2. The van der Waals surface area contributed by atoms with Gasteiger partial charge in [0.25, 0.3) is 0 Å². The third kappa shape index (κ3) is 3.44. The van der Waals surface area contributed by atoms with Crippen LogP contribution in [-0.4, -0.2) is 56.9 Å². The van der Waals surface area contributed by atoms with E-state index in [2.05, 4.69) is 15.2 Å². The van der Waals surface area contributed by atoms with Crippen LogP contribution in [-0.2, 0) is 9.59 Å². The van der Waals surface area contributed by atoms with Crippen LogP contribution in [0.15, 0.2) is 29.1 Å². The molecule has 2 fully saturated rings. The van der Waals surface area contributed by atoms with E-state index in [1.165, 1.54) is 0 Å². The minimum atomic E-state index is -0.451. The average molecular weight is 404 g/mol. The molecule has 3 heterocycles. The molecule has 9 heteroatoms. The van der Waals surface area contributed by atoms with Gasteiger partial charge >= 0.3 is 5.69 Å². The van der Waals surface area contributed by atoms with Gasteiger partial charge in [-0.1, -0.05) is 23.7 Å². The zero-order chi connectivity index (χ0) is 19.8. The molecule has 0 aliphatic carbocycles. The number of nitrogens with one attached hydrogen (secondary N) is 2. The smallest absolute Gasteiger partial charge is 0.340 e. The number of likely N-dealkylation sites (tertiary alicyclic amines) is 2. The molecule has 8 nitrogen and oxygen atoms in total. The summed E-state index contributed by atoms with van der Waals surface area (Å²) in [4.78, 5) is 43.2. The van der Waals surface area contributed by atoms with Crippen LogP contribution >= 0.6 is 11.6 Å². The van der Waals surface area contributed by atoms with Crippen molar-refractivity contribution in [1.29, 1.82) is 0 Å². The van der Waals surface area contributed by atoms with Gasteiger partial charge in [0.05, 0.1) is 12.0 Å². The summed E-state index contributed by atoms with van der Waals surface area (Å²) < 4.78 is 0. The highest BCUT2D eigenvalue weighted by Crippen LogP contribution is 2.39. The van der Waals surface area contributed by atoms with Gasteiger partial charge in [0.15, 0.2) is 0 Å². The van der Waals surface area contributed by atoms with E-state index in [9.17, 15) is 14.4 Å². The van der Waals surface area contributed by atoms with Gasteiger partial charge in [-0.3, -0.25) is 14.6 Å². The number of rotatable bonds is 3. The first-order valence-corrected chi connectivity index (χ1v) is 9.76. The lowest BCUT2D eigenvalue weighted by Crippen LogP contribution is -2.43. The molecular weight excluding hydrogens is 382 g/mol. The molecule has 1 aromatic heterocycles. The molecule has 3 atom stereocenters. The zero-order valence-corrected chi connectivity index (χ0v) is 16.3. The van der Waals surface area contributed by atoms with E-state index >= 15 is 0 Å². The van der Waals surface area contributed by atoms with Gasteiger partial charge < -0.3 is 9.80 Å². The van der Waals surface area contributed by atoms with E-state index in [1.54, 1.807) is 22.9 Å². The Morgan fingerprint density at radius 3 is 2.86 bits per heavy atom. The first-order chi connectivity index (χ1) is 13.4. The van der Waals surface area contributed by atoms with E-state index in [-0.39, 0.29) is 35.9 Å². The number of nitrogens with zero attached hydrogens (tertiary/aromatic N) is 3. The number of carbonyl (C=O) groups excluding carboxylic acids is 2. The van der Waals surface area contributed by atoms with Crippen LogP contribution in [0.4, 0.5) is 0 Å². The van der Waals surface area contributed by atoms with Crippen LogP contribution < -0.4 is 5.69 Å². The third-order valence-corrected chi connectivity index (χ3v) is 5.97. The summed E-state index contributed by atoms with van der Waals surface area (Å²) in [7, 11) is 1.73. The van der Waals surface area contributed by atoms with E-state index in [4.69, 9.17) is 11.6 Å². The SMILES string of the molecule is CN1C(=O)C[C@H](C(=O)N2CCC[C@@H](c3n[nH]c(=O)[nH]3)C2)[C@H]1c1cccc(Cl)c1. The van der Waals surface area contributed by atoms with Crippen molar-refractivity contribution in [2.45, 2.75) is 31.2 Å². The van der Waals surface area contributed by atoms with Crippen molar-refractivity contribution in [3.8, 4) is 0 Å². The first-order valence-electron chi connectivity index (χ1n) is 9.38. The Hall–Kier alpha value is -2.61. The number of aromatic nitrogens is 3. The number of H-pyrrole nitrogens is 2. The molecule has 2 amide bonds. The number of piperidine rings is 1. The lowest BCUT2D eigenvalue weighted by atomic mass is 9.90. The lowest BCUT2D eigenvalue weighted by Gasteiger charge is -2.35. The van der Waals surface area contributed by atoms with Gasteiger partial charge in [0, 0.05) is 37.5 Å². The van der Waals surface area contributed by atoms with Crippen molar-refractivity contribution in [3.63, 3.8) is 0 Å². The molecule has 28 heavy (non-hydrogen) atoms. The second-order valence-corrected chi connectivity index (χ2v) is 7.94. The number of carbonyl (C=O) groups is 2. The summed E-state index contributed by atoms with van der Waals surface area (Å²) in [5, 5.41) is 6.98. The van der Waals surface area contributed by atoms with Crippen molar-refractivity contribution in [2.75, 3.05) is 20.1 Å². The molecule has 1 aromatic carbocycles. The summed E-state index contributed by atoms with van der Waals surface area (Å²) in [6.45, 7) is 1.12. The predicted octanol–water partition coefficient (Wildman–Crippen LogP) is 1.68. The Morgan fingerprint density at radius 2 is 2.14 bits per heavy atom. The van der Waals surface area contributed by atoms with Crippen LogP contribution in [0.3, 0.4) is 0 Å². The normalized spacial score (nSPS) is 25.4. The van der Waals surface area contributed by atoms with Crippen LogP contribution in [0.25, 0.3) is 0 Å². The number of halogens is 1. The van der Waals surface area contributed by atoms with Crippen LogP contribution in [0.2, 0.25) is 5.02 Å². The number of benzene rings is 1. The highest BCUT2D eigenvalue weighted by atomic mass is 35.5. The summed E-state index contributed by atoms with van der Waals surface area (Å²) >= 11 is 6.13. The largest absolute Gasteiger partial charge is 0.342 e. The molecule has 2 aliphatic rings. The molecule has 0 radical (unpaired) electrons. The van der Waals surface area contributed by atoms with E-state index < -0.39 is 5.92 Å². The van der Waals surface area contributed by atoms with Gasteiger partial charge in [-0.2, -0.15) is 5.10 Å². The van der Waals surface area contributed by atoms with Gasteiger partial charge in [-0.25, -0.2) is 9.89 Å². The fourth-order valence-electron chi connectivity index (χ4n) is 4.35. The molecule has 2 N–H and O–H groups in total. The van der Waals surface area contributed by atoms with E-state index in [0.717, 1.165) is 18.4 Å². The van der Waals surface area contributed by atoms with Crippen molar-refractivity contribution in [2.24, 2.45) is 5.92 Å². The maximum atomic E-state index is 13.4. The molecule has 0 bridgehead atoms. The maximum Gasteiger partial charge on any atom is 0.340 e. The molecule has 0 saturated carbocycles. The maximum absolute atomic E-state index is 13.4. The molecule has 4 rings (SSSR count). The molecule has 148 valence electrons. The quantitative estimate of drug-likeness (QED) is 0.813. The van der Waals surface area contributed by atoms with Gasteiger partial charge in [0.2, 0.25) is 11.8 Å². The van der Waals surface area contributed by atoms with Crippen molar-refractivity contribution in [3.05, 3.63) is 51.2 Å². The van der Waals surface area contributed by atoms with Gasteiger partial charge in [-0.05, 0) is 30.5 Å². The summed E-state index contributed by atoms with van der Waals surface area (Å²) in [6.07, 6.45) is 1.86. The van der Waals surface area contributed by atoms with Crippen LogP contribution in [0, 0.1) is 5.92 Å². The van der Waals surface area contributed by atoms with Crippen LogP contribution in [0.1, 0.15) is 42.6 Å². The second-order valence-electron chi connectivity index (χ2n) is 7.50. The Bertz CT molecular complexity index is 955. The minimum Gasteiger partial charge on any atom is -0.342 e. The minimum absolute atomic E-state index is 0.0175. The van der Waals surface area contributed by atoms with Gasteiger partial charge in [-0.15, -0.1) is 0 Å². The third-order valence-electron chi connectivity index (χ3n) is 5.73. The Morgan fingerprint density at radius 1 is 1.32 bits per heavy atom. The number of aromatic amines is 2. The average Bonchev–Trinajstić information content (AvgIpc) is 3.25. The molecule has 0 spiro atoms. The van der Waals surface area contributed by atoms with Crippen molar-refractivity contribution < 1.29 is 9.59 Å². The van der Waals surface area contributed by atoms with Crippen molar-refractivity contribution >= 4 is 23.4 Å². The Kier molecular flexibility index (Phi) is 4.97. The highest BCUT2D eigenvalue weighted by Gasteiger charge is 2.45. The first kappa shape index (κ1) is 18.7. The fourth-order valence-corrected chi connectivity index (χ4v) is 4.55. The topological polar surface area (TPSA) is 102 Å². The summed E-state index contributed by atoms with van der Waals surface area (Å²) in [6, 6.07) is 7.00. The Labute approximate surface area is 166 Å². The number of hydrogen-bond acceptors (Lipinski definition) is 4. The molecule has 2 saturated heterocycles. The summed E-state index contributed by atoms with van der Waals surface area (Å²) in [5.74, 6) is 0.0244. The molecule has 2 aromatic rings. The van der Waals surface area contributed by atoms with E-state index in [1.807, 2.05) is 18.2 Å². The summed E-state index contributed by atoms with van der Waals surface area (Å²) in [5.41, 5.74) is 0.520. The fraction of sp³-hybridized carbons (Fsp3) is 0.474.